The number of aryl methyl sites for hydroxylation is 1. The van der Waals surface area contributed by atoms with Crippen LogP contribution in [0.1, 0.15) is 21.6 Å². The predicted octanol–water partition coefficient (Wildman–Crippen LogP) is 4.57. The van der Waals surface area contributed by atoms with Crippen molar-refractivity contribution in [3.8, 4) is 0 Å². The maximum absolute atomic E-state index is 13.8. The molecule has 0 N–H and O–H groups in total. The minimum absolute atomic E-state index is 0.0985. The second kappa shape index (κ2) is 5.26. The van der Waals surface area contributed by atoms with E-state index in [9.17, 15) is 9.18 Å². The van der Waals surface area contributed by atoms with Gasteiger partial charge in [0.05, 0.1) is 16.1 Å². The summed E-state index contributed by atoms with van der Waals surface area (Å²) in [6.45, 7) is 1.90. The highest BCUT2D eigenvalue weighted by Crippen LogP contribution is 2.24. The molecule has 0 bridgehead atoms. The summed E-state index contributed by atoms with van der Waals surface area (Å²) in [6.07, 6.45) is 0. The summed E-state index contributed by atoms with van der Waals surface area (Å²) in [7, 11) is 0. The van der Waals surface area contributed by atoms with Gasteiger partial charge >= 0.3 is 0 Å². The fourth-order valence-corrected chi connectivity index (χ4v) is 2.48. The van der Waals surface area contributed by atoms with Crippen molar-refractivity contribution in [2.45, 2.75) is 6.92 Å². The van der Waals surface area contributed by atoms with Gasteiger partial charge in [0.25, 0.3) is 0 Å². The van der Waals surface area contributed by atoms with E-state index >= 15 is 0 Å². The summed E-state index contributed by atoms with van der Waals surface area (Å²) >= 11 is 5.94. The highest BCUT2D eigenvalue weighted by Gasteiger charge is 2.17. The third-order valence-electron chi connectivity index (χ3n) is 3.28. The number of aromatic nitrogens is 1. The smallest absolute Gasteiger partial charge is 0.197 e. The number of rotatable bonds is 2. The second-order valence-electron chi connectivity index (χ2n) is 4.79. The van der Waals surface area contributed by atoms with Crippen LogP contribution < -0.4 is 0 Å². The Hall–Kier alpha value is -2.26. The van der Waals surface area contributed by atoms with E-state index in [0.29, 0.717) is 5.56 Å². The molecule has 1 aromatic heterocycles. The minimum atomic E-state index is -0.616. The molecule has 3 rings (SSSR count). The van der Waals surface area contributed by atoms with Gasteiger partial charge in [-0.1, -0.05) is 23.7 Å². The number of hydrogen-bond acceptors (Lipinski definition) is 2. The third kappa shape index (κ3) is 2.52. The molecule has 0 unspecified atom stereocenters. The van der Waals surface area contributed by atoms with Crippen LogP contribution in [0, 0.1) is 12.7 Å². The summed E-state index contributed by atoms with van der Waals surface area (Å²) in [5, 5.41) is 0.945. The molecule has 0 amide bonds. The van der Waals surface area contributed by atoms with Crippen molar-refractivity contribution in [3.63, 3.8) is 0 Å². The van der Waals surface area contributed by atoms with Crippen LogP contribution in [0.15, 0.2) is 48.5 Å². The number of hydrogen-bond donors (Lipinski definition) is 0. The largest absolute Gasteiger partial charge is 0.288 e. The zero-order valence-corrected chi connectivity index (χ0v) is 12.0. The molecule has 3 aromatic rings. The number of benzene rings is 2. The van der Waals surface area contributed by atoms with Crippen molar-refractivity contribution in [2.24, 2.45) is 0 Å². The molecule has 0 fully saturated rings. The number of fused-ring (bicyclic) bond motifs is 1. The molecular formula is C17H11ClFNO. The van der Waals surface area contributed by atoms with Gasteiger partial charge in [0.1, 0.15) is 5.82 Å². The van der Waals surface area contributed by atoms with E-state index < -0.39 is 11.6 Å². The summed E-state index contributed by atoms with van der Waals surface area (Å²) in [5.41, 5.74) is 1.99. The molecule has 1 heterocycles. The average molecular weight is 300 g/mol. The van der Waals surface area contributed by atoms with Crippen LogP contribution in [-0.2, 0) is 0 Å². The quantitative estimate of drug-likeness (QED) is 0.649. The normalized spacial score (nSPS) is 10.8. The van der Waals surface area contributed by atoms with Gasteiger partial charge in [-0.15, -0.1) is 0 Å². The molecule has 0 atom stereocenters. The lowest BCUT2D eigenvalue weighted by atomic mass is 10.0. The van der Waals surface area contributed by atoms with E-state index in [0.717, 1.165) is 16.6 Å². The van der Waals surface area contributed by atoms with E-state index in [-0.39, 0.29) is 10.6 Å². The first-order valence-electron chi connectivity index (χ1n) is 6.42. The second-order valence-corrected chi connectivity index (χ2v) is 5.19. The maximum Gasteiger partial charge on any atom is 0.197 e. The highest BCUT2D eigenvalue weighted by molar-refractivity contribution is 6.35. The molecule has 21 heavy (non-hydrogen) atoms. The summed E-state index contributed by atoms with van der Waals surface area (Å²) in [4.78, 5) is 16.8. The first kappa shape index (κ1) is 13.7. The Kier molecular flexibility index (Phi) is 3.43. The van der Waals surface area contributed by atoms with E-state index in [1.54, 1.807) is 18.2 Å². The van der Waals surface area contributed by atoms with Crippen molar-refractivity contribution < 1.29 is 9.18 Å². The number of pyridine rings is 1. The Labute approximate surface area is 126 Å². The first-order valence-corrected chi connectivity index (χ1v) is 6.80. The average Bonchev–Trinajstić information content (AvgIpc) is 2.46. The first-order chi connectivity index (χ1) is 10.1. The Morgan fingerprint density at radius 3 is 2.71 bits per heavy atom. The van der Waals surface area contributed by atoms with E-state index in [4.69, 9.17) is 11.6 Å². The highest BCUT2D eigenvalue weighted by atomic mass is 35.5. The number of nitrogens with zero attached hydrogens (tertiary/aromatic N) is 1. The van der Waals surface area contributed by atoms with Crippen LogP contribution in [0.3, 0.4) is 0 Å². The minimum Gasteiger partial charge on any atom is -0.288 e. The summed E-state index contributed by atoms with van der Waals surface area (Å²) < 4.78 is 13.8. The van der Waals surface area contributed by atoms with Crippen LogP contribution in [0.4, 0.5) is 4.39 Å². The Bertz CT molecular complexity index is 840. The molecule has 0 aliphatic heterocycles. The van der Waals surface area contributed by atoms with Crippen LogP contribution in [-0.4, -0.2) is 10.8 Å². The Morgan fingerprint density at radius 1 is 1.14 bits per heavy atom. The number of ketones is 1. The fraction of sp³-hybridized carbons (Fsp3) is 0.0588. The van der Waals surface area contributed by atoms with Gasteiger partial charge in [0, 0.05) is 16.6 Å². The van der Waals surface area contributed by atoms with Crippen molar-refractivity contribution >= 4 is 28.3 Å². The molecular weight excluding hydrogens is 289 g/mol. The van der Waals surface area contributed by atoms with Gasteiger partial charge in [-0.25, -0.2) is 4.39 Å². The van der Waals surface area contributed by atoms with Crippen LogP contribution in [0.2, 0.25) is 5.02 Å². The molecule has 0 aliphatic carbocycles. The predicted molar refractivity (Wildman–Crippen MR) is 81.3 cm³/mol. The van der Waals surface area contributed by atoms with Gasteiger partial charge in [-0.3, -0.25) is 9.78 Å². The molecule has 4 heteroatoms. The zero-order valence-electron chi connectivity index (χ0n) is 11.2. The van der Waals surface area contributed by atoms with Gasteiger partial charge in [0.2, 0.25) is 0 Å². The lowest BCUT2D eigenvalue weighted by Gasteiger charge is -2.06. The van der Waals surface area contributed by atoms with Gasteiger partial charge in [-0.05, 0) is 43.3 Å². The number of halogens is 2. The van der Waals surface area contributed by atoms with Crippen LogP contribution in [0.25, 0.3) is 10.9 Å². The van der Waals surface area contributed by atoms with Crippen molar-refractivity contribution in [3.05, 3.63) is 76.2 Å². The Morgan fingerprint density at radius 2 is 1.95 bits per heavy atom. The van der Waals surface area contributed by atoms with E-state index in [1.165, 1.54) is 18.2 Å². The molecule has 104 valence electrons. The van der Waals surface area contributed by atoms with Crippen LogP contribution >= 0.6 is 11.6 Å². The molecule has 0 saturated heterocycles. The van der Waals surface area contributed by atoms with Crippen molar-refractivity contribution in [1.29, 1.82) is 0 Å². The lowest BCUT2D eigenvalue weighted by molar-refractivity contribution is 0.103. The summed E-state index contributed by atoms with van der Waals surface area (Å²) in [5.74, 6) is -1.05. The molecule has 2 nitrogen and oxygen atoms in total. The van der Waals surface area contributed by atoms with Crippen molar-refractivity contribution in [1.82, 2.24) is 4.98 Å². The topological polar surface area (TPSA) is 30.0 Å². The fourth-order valence-electron chi connectivity index (χ4n) is 2.23. The maximum atomic E-state index is 13.8. The lowest BCUT2D eigenvalue weighted by Crippen LogP contribution is -2.05. The Balaban J connectivity index is 2.12. The molecule has 2 aromatic carbocycles. The molecule has 0 aliphatic rings. The molecule has 0 spiro atoms. The number of carbonyl (C=O) groups is 1. The number of carbonyl (C=O) groups excluding carboxylic acids is 1. The molecule has 0 saturated carbocycles. The monoisotopic (exact) mass is 299 g/mol. The van der Waals surface area contributed by atoms with E-state index in [2.05, 4.69) is 4.98 Å². The third-order valence-corrected chi connectivity index (χ3v) is 3.60. The van der Waals surface area contributed by atoms with Gasteiger partial charge in [-0.2, -0.15) is 0 Å². The standard InChI is InChI=1S/C17H11ClFNO/c1-10-5-6-11-9-12(7-8-15(11)20-10)17(21)16-13(18)3-2-4-14(16)19/h2-9H,1H3. The van der Waals surface area contributed by atoms with Crippen molar-refractivity contribution in [2.75, 3.05) is 0 Å². The summed E-state index contributed by atoms with van der Waals surface area (Å²) in [6, 6.07) is 13.1. The SMILES string of the molecule is Cc1ccc2cc(C(=O)c3c(F)cccc3Cl)ccc2n1. The van der Waals surface area contributed by atoms with E-state index in [1.807, 2.05) is 19.1 Å². The van der Waals surface area contributed by atoms with Gasteiger partial charge < -0.3 is 0 Å². The van der Waals surface area contributed by atoms with Gasteiger partial charge in [0.15, 0.2) is 5.78 Å². The molecule has 0 radical (unpaired) electrons. The zero-order chi connectivity index (χ0) is 15.0. The van der Waals surface area contributed by atoms with Crippen LogP contribution in [0.5, 0.6) is 0 Å².